The van der Waals surface area contributed by atoms with Gasteiger partial charge in [-0.2, -0.15) is 0 Å². The van der Waals surface area contributed by atoms with Gasteiger partial charge in [-0.3, -0.25) is 14.4 Å². The van der Waals surface area contributed by atoms with Gasteiger partial charge in [-0.1, -0.05) is 5.21 Å². The first kappa shape index (κ1) is 14.9. The maximum Gasteiger partial charge on any atom is 0.234 e. The molecule has 0 atom stereocenters. The first-order chi connectivity index (χ1) is 9.67. The Bertz CT molecular complexity index is 425. The molecule has 2 heterocycles. The van der Waals surface area contributed by atoms with Gasteiger partial charge in [0.2, 0.25) is 5.91 Å². The third kappa shape index (κ3) is 4.55. The fourth-order valence-corrected chi connectivity index (χ4v) is 2.11. The predicted octanol–water partition coefficient (Wildman–Crippen LogP) is -1.90. The molecule has 1 fully saturated rings. The highest BCUT2D eigenvalue weighted by Gasteiger charge is 2.13. The molecule has 8 nitrogen and oxygen atoms in total. The van der Waals surface area contributed by atoms with Crippen LogP contribution in [0.5, 0.6) is 0 Å². The van der Waals surface area contributed by atoms with Gasteiger partial charge in [-0.25, -0.2) is 0 Å². The number of hydrogen-bond acceptors (Lipinski definition) is 6. The quantitative estimate of drug-likeness (QED) is 0.633. The molecule has 0 spiro atoms. The monoisotopic (exact) mass is 281 g/mol. The number of piperazine rings is 1. The Labute approximate surface area is 118 Å². The number of nitrogens with two attached hydrogens (primary N) is 1. The van der Waals surface area contributed by atoms with E-state index in [0.717, 1.165) is 45.0 Å². The Morgan fingerprint density at radius 1 is 1.35 bits per heavy atom. The summed E-state index contributed by atoms with van der Waals surface area (Å²) in [6.07, 6.45) is 1.87. The van der Waals surface area contributed by atoms with Gasteiger partial charge in [-0.15, -0.1) is 5.10 Å². The summed E-state index contributed by atoms with van der Waals surface area (Å²) in [5.41, 5.74) is 5.97. The number of amides is 1. The van der Waals surface area contributed by atoms with Crippen molar-refractivity contribution < 1.29 is 4.79 Å². The summed E-state index contributed by atoms with van der Waals surface area (Å²) in [5.74, 6) is -0.183. The molecule has 1 aliphatic rings. The fraction of sp³-hybridized carbons (Fsp3) is 0.750. The zero-order chi connectivity index (χ0) is 14.4. The lowest BCUT2D eigenvalue weighted by atomic mass is 10.3. The van der Waals surface area contributed by atoms with E-state index >= 15 is 0 Å². The van der Waals surface area contributed by atoms with Gasteiger partial charge in [0.25, 0.3) is 0 Å². The van der Waals surface area contributed by atoms with Gasteiger partial charge >= 0.3 is 0 Å². The maximum absolute atomic E-state index is 11.0. The Balaban J connectivity index is 1.71. The highest BCUT2D eigenvalue weighted by molar-refractivity contribution is 5.77. The van der Waals surface area contributed by atoms with Crippen molar-refractivity contribution in [2.24, 2.45) is 5.73 Å². The predicted molar refractivity (Wildman–Crippen MR) is 74.9 cm³/mol. The second kappa shape index (κ2) is 7.32. The standard InChI is InChI=1S/C12H23N7O/c1-17-2-4-18(5-3-17)6-7-19-10-11(15-16-19)9-14-12(20)8-13/h10H,2-9,13H2,1H3,(H,14,20). The SMILES string of the molecule is CN1CCN(CCn2cc(CNC(=O)CN)nn2)CC1. The fourth-order valence-electron chi connectivity index (χ4n) is 2.11. The Hall–Kier alpha value is -1.51. The number of likely N-dealkylation sites (N-methyl/N-ethyl adjacent to an activating group) is 1. The molecule has 0 bridgehead atoms. The minimum Gasteiger partial charge on any atom is -0.349 e. The van der Waals surface area contributed by atoms with E-state index in [1.807, 2.05) is 10.9 Å². The lowest BCUT2D eigenvalue weighted by Crippen LogP contribution is -2.45. The topological polar surface area (TPSA) is 92.3 Å². The molecule has 2 rings (SSSR count). The zero-order valence-electron chi connectivity index (χ0n) is 12.0. The third-order valence-electron chi connectivity index (χ3n) is 3.48. The summed E-state index contributed by atoms with van der Waals surface area (Å²) in [5, 5.41) is 10.8. The van der Waals surface area contributed by atoms with Crippen LogP contribution in [0.15, 0.2) is 6.20 Å². The first-order valence-corrected chi connectivity index (χ1v) is 6.94. The van der Waals surface area contributed by atoms with Crippen LogP contribution >= 0.6 is 0 Å². The van der Waals surface area contributed by atoms with Crippen LogP contribution in [0, 0.1) is 0 Å². The van der Waals surface area contributed by atoms with Crippen molar-refractivity contribution in [1.82, 2.24) is 30.1 Å². The molecule has 1 saturated heterocycles. The Kier molecular flexibility index (Phi) is 5.45. The number of nitrogens with one attached hydrogen (secondary N) is 1. The summed E-state index contributed by atoms with van der Waals surface area (Å²) >= 11 is 0. The highest BCUT2D eigenvalue weighted by atomic mass is 16.1. The van der Waals surface area contributed by atoms with Gasteiger partial charge < -0.3 is 16.0 Å². The molecule has 1 aromatic heterocycles. The van der Waals surface area contributed by atoms with E-state index in [0.29, 0.717) is 6.54 Å². The summed E-state index contributed by atoms with van der Waals surface area (Å²) in [4.78, 5) is 15.8. The molecule has 0 radical (unpaired) electrons. The summed E-state index contributed by atoms with van der Waals surface area (Å²) in [7, 11) is 2.15. The second-order valence-electron chi connectivity index (χ2n) is 5.10. The van der Waals surface area contributed by atoms with Gasteiger partial charge in [0, 0.05) is 32.7 Å². The normalized spacial score (nSPS) is 17.3. The third-order valence-corrected chi connectivity index (χ3v) is 3.48. The largest absolute Gasteiger partial charge is 0.349 e. The van der Waals surface area contributed by atoms with Crippen molar-refractivity contribution in [1.29, 1.82) is 0 Å². The van der Waals surface area contributed by atoms with E-state index in [1.54, 1.807) is 0 Å². The smallest absolute Gasteiger partial charge is 0.234 e. The van der Waals surface area contributed by atoms with Crippen molar-refractivity contribution in [3.63, 3.8) is 0 Å². The average molecular weight is 281 g/mol. The Morgan fingerprint density at radius 3 is 2.80 bits per heavy atom. The number of carbonyl (C=O) groups excluding carboxylic acids is 1. The zero-order valence-corrected chi connectivity index (χ0v) is 12.0. The molecule has 112 valence electrons. The molecule has 0 saturated carbocycles. The number of aromatic nitrogens is 3. The van der Waals surface area contributed by atoms with Crippen molar-refractivity contribution in [2.45, 2.75) is 13.1 Å². The molecule has 8 heteroatoms. The molecule has 1 amide bonds. The summed E-state index contributed by atoms with van der Waals surface area (Å²) in [6.45, 7) is 6.62. The minimum absolute atomic E-state index is 0.00244. The van der Waals surface area contributed by atoms with E-state index in [4.69, 9.17) is 5.73 Å². The molecular weight excluding hydrogens is 258 g/mol. The molecular formula is C12H23N7O. The summed E-state index contributed by atoms with van der Waals surface area (Å²) < 4.78 is 1.82. The van der Waals surface area contributed by atoms with Gasteiger partial charge in [0.15, 0.2) is 0 Å². The van der Waals surface area contributed by atoms with E-state index in [9.17, 15) is 4.79 Å². The van der Waals surface area contributed by atoms with Crippen molar-refractivity contribution in [3.8, 4) is 0 Å². The van der Waals surface area contributed by atoms with E-state index in [-0.39, 0.29) is 12.5 Å². The minimum atomic E-state index is -0.183. The number of carbonyl (C=O) groups is 1. The lowest BCUT2D eigenvalue weighted by Gasteiger charge is -2.32. The van der Waals surface area contributed by atoms with Crippen LogP contribution < -0.4 is 11.1 Å². The second-order valence-corrected chi connectivity index (χ2v) is 5.10. The Morgan fingerprint density at radius 2 is 2.10 bits per heavy atom. The van der Waals surface area contributed by atoms with Crippen LogP contribution in [0.25, 0.3) is 0 Å². The van der Waals surface area contributed by atoms with Gasteiger partial charge in [0.1, 0.15) is 5.69 Å². The van der Waals surface area contributed by atoms with E-state index < -0.39 is 0 Å². The highest BCUT2D eigenvalue weighted by Crippen LogP contribution is 2.00. The number of hydrogen-bond donors (Lipinski definition) is 2. The molecule has 1 aromatic rings. The number of nitrogens with zero attached hydrogens (tertiary/aromatic N) is 5. The maximum atomic E-state index is 11.0. The molecule has 0 aromatic carbocycles. The summed E-state index contributed by atoms with van der Waals surface area (Å²) in [6, 6.07) is 0. The molecule has 0 unspecified atom stereocenters. The van der Waals surface area contributed by atoms with Crippen LogP contribution in [0.2, 0.25) is 0 Å². The van der Waals surface area contributed by atoms with Crippen LogP contribution in [0.1, 0.15) is 5.69 Å². The molecule has 0 aliphatic carbocycles. The van der Waals surface area contributed by atoms with Crippen molar-refractivity contribution >= 4 is 5.91 Å². The van der Waals surface area contributed by atoms with E-state index in [1.165, 1.54) is 0 Å². The van der Waals surface area contributed by atoms with Crippen molar-refractivity contribution in [2.75, 3.05) is 46.3 Å². The molecule has 1 aliphatic heterocycles. The number of rotatable bonds is 6. The van der Waals surface area contributed by atoms with E-state index in [2.05, 4.69) is 32.5 Å². The van der Waals surface area contributed by atoms with Gasteiger partial charge in [0.05, 0.1) is 25.8 Å². The van der Waals surface area contributed by atoms with Crippen LogP contribution in [0.3, 0.4) is 0 Å². The molecule has 20 heavy (non-hydrogen) atoms. The first-order valence-electron chi connectivity index (χ1n) is 6.94. The molecule has 3 N–H and O–H groups in total. The van der Waals surface area contributed by atoms with Crippen LogP contribution in [0.4, 0.5) is 0 Å². The van der Waals surface area contributed by atoms with Gasteiger partial charge in [-0.05, 0) is 7.05 Å². The van der Waals surface area contributed by atoms with Crippen molar-refractivity contribution in [3.05, 3.63) is 11.9 Å². The average Bonchev–Trinajstić information content (AvgIpc) is 2.92. The van der Waals surface area contributed by atoms with Crippen LogP contribution in [-0.4, -0.2) is 77.0 Å². The lowest BCUT2D eigenvalue weighted by molar-refractivity contribution is -0.119. The van der Waals surface area contributed by atoms with Crippen LogP contribution in [-0.2, 0) is 17.9 Å².